The first-order valence-electron chi connectivity index (χ1n) is 5.67. The number of hydrogen-bond donors (Lipinski definition) is 1. The molecule has 0 aliphatic rings. The summed E-state index contributed by atoms with van der Waals surface area (Å²) in [7, 11) is -0.433. The first-order valence-corrected chi connectivity index (χ1v) is 7.11. The van der Waals surface area contributed by atoms with Crippen LogP contribution >= 0.6 is 0 Å². The Labute approximate surface area is 112 Å². The summed E-state index contributed by atoms with van der Waals surface area (Å²) < 4.78 is 27.7. The molecule has 2 N–H and O–H groups in total. The van der Waals surface area contributed by atoms with Crippen LogP contribution in [0, 0.1) is 6.92 Å². The lowest BCUT2D eigenvalue weighted by Crippen LogP contribution is -2.26. The fourth-order valence-corrected chi connectivity index (χ4v) is 2.86. The average molecular weight is 280 g/mol. The number of aryl methyl sites for hydroxylation is 2. The Morgan fingerprint density at radius 2 is 2.05 bits per heavy atom. The van der Waals surface area contributed by atoms with Crippen LogP contribution in [0.15, 0.2) is 35.5 Å². The van der Waals surface area contributed by atoms with E-state index in [4.69, 9.17) is 5.73 Å². The molecule has 0 amide bonds. The van der Waals surface area contributed by atoms with Crippen LogP contribution in [0.5, 0.6) is 0 Å². The maximum absolute atomic E-state index is 12.4. The van der Waals surface area contributed by atoms with Crippen molar-refractivity contribution in [2.24, 2.45) is 7.05 Å². The summed E-state index contributed by atoms with van der Waals surface area (Å²) in [6.07, 6.45) is 1.49. The molecular formula is C12H16N4O2S. The molecule has 0 aliphatic heterocycles. The summed E-state index contributed by atoms with van der Waals surface area (Å²) in [5.74, 6) is 0.638. The Morgan fingerprint density at radius 3 is 2.58 bits per heavy atom. The third kappa shape index (κ3) is 2.41. The Morgan fingerprint density at radius 1 is 1.37 bits per heavy atom. The Bertz CT molecular complexity index is 687. The lowest BCUT2D eigenvalue weighted by Gasteiger charge is -2.18. The summed E-state index contributed by atoms with van der Waals surface area (Å²) in [4.78, 5) is 4.05. The molecule has 0 spiro atoms. The van der Waals surface area contributed by atoms with Gasteiger partial charge in [-0.15, -0.1) is 0 Å². The molecule has 0 saturated carbocycles. The summed E-state index contributed by atoms with van der Waals surface area (Å²) in [6.45, 7) is 1.75. The van der Waals surface area contributed by atoms with Crippen LogP contribution in [0.1, 0.15) is 5.82 Å². The predicted molar refractivity (Wildman–Crippen MR) is 74.4 cm³/mol. The van der Waals surface area contributed by atoms with Gasteiger partial charge in [-0.2, -0.15) is 8.42 Å². The highest BCUT2D eigenvalue weighted by atomic mass is 32.2. The van der Waals surface area contributed by atoms with E-state index >= 15 is 0 Å². The molecule has 0 atom stereocenters. The Balaban J connectivity index is 2.45. The van der Waals surface area contributed by atoms with Gasteiger partial charge in [-0.3, -0.25) is 4.31 Å². The molecule has 0 bridgehead atoms. The van der Waals surface area contributed by atoms with Crippen LogP contribution in [-0.4, -0.2) is 25.0 Å². The van der Waals surface area contributed by atoms with E-state index in [0.717, 1.165) is 0 Å². The lowest BCUT2D eigenvalue weighted by atomic mass is 10.3. The standard InChI is InChI=1S/C12H16N4O2S/c1-9-14-12(8-15(9)2)19(17,18)16(3)11-6-4-5-10(13)7-11/h4-8H,13H2,1-3H3. The van der Waals surface area contributed by atoms with Gasteiger partial charge in [-0.25, -0.2) is 4.98 Å². The lowest BCUT2D eigenvalue weighted by molar-refractivity contribution is 0.591. The molecule has 0 unspecified atom stereocenters. The first kappa shape index (κ1) is 13.4. The van der Waals surface area contributed by atoms with Crippen LogP contribution in [0.2, 0.25) is 0 Å². The highest BCUT2D eigenvalue weighted by Crippen LogP contribution is 2.22. The van der Waals surface area contributed by atoms with Gasteiger partial charge in [0.2, 0.25) is 0 Å². The van der Waals surface area contributed by atoms with Gasteiger partial charge in [0.15, 0.2) is 5.03 Å². The van der Waals surface area contributed by atoms with E-state index in [-0.39, 0.29) is 5.03 Å². The molecule has 1 heterocycles. The van der Waals surface area contributed by atoms with Gasteiger partial charge < -0.3 is 10.3 Å². The number of hydrogen-bond acceptors (Lipinski definition) is 4. The first-order chi connectivity index (χ1) is 8.82. The predicted octanol–water partition coefficient (Wildman–Crippen LogP) is 1.14. The van der Waals surface area contributed by atoms with E-state index in [1.165, 1.54) is 17.5 Å². The van der Waals surface area contributed by atoms with Crippen molar-refractivity contribution >= 4 is 21.4 Å². The van der Waals surface area contributed by atoms with Gasteiger partial charge in [-0.1, -0.05) is 6.07 Å². The van der Waals surface area contributed by atoms with Gasteiger partial charge in [0.25, 0.3) is 10.0 Å². The number of aromatic nitrogens is 2. The number of sulfonamides is 1. The van der Waals surface area contributed by atoms with E-state index in [0.29, 0.717) is 17.2 Å². The molecule has 0 fully saturated rings. The highest BCUT2D eigenvalue weighted by Gasteiger charge is 2.24. The van der Waals surface area contributed by atoms with Crippen molar-refractivity contribution in [3.05, 3.63) is 36.3 Å². The molecule has 1 aromatic heterocycles. The minimum Gasteiger partial charge on any atom is -0.399 e. The monoisotopic (exact) mass is 280 g/mol. The van der Waals surface area contributed by atoms with Crippen molar-refractivity contribution in [3.8, 4) is 0 Å². The second kappa shape index (κ2) is 4.58. The number of imidazole rings is 1. The second-order valence-electron chi connectivity index (χ2n) is 4.30. The zero-order chi connectivity index (χ0) is 14.2. The van der Waals surface area contributed by atoms with E-state index in [1.54, 1.807) is 42.8 Å². The number of nitrogens with two attached hydrogens (primary N) is 1. The largest absolute Gasteiger partial charge is 0.399 e. The van der Waals surface area contributed by atoms with Crippen molar-refractivity contribution in [1.82, 2.24) is 9.55 Å². The zero-order valence-electron chi connectivity index (χ0n) is 11.0. The number of benzene rings is 1. The normalized spacial score (nSPS) is 11.5. The van der Waals surface area contributed by atoms with Crippen molar-refractivity contribution in [3.63, 3.8) is 0 Å². The molecule has 19 heavy (non-hydrogen) atoms. The van der Waals surface area contributed by atoms with Crippen LogP contribution in [0.4, 0.5) is 11.4 Å². The van der Waals surface area contributed by atoms with Crippen molar-refractivity contribution in [2.45, 2.75) is 11.9 Å². The SMILES string of the molecule is Cc1nc(S(=O)(=O)N(C)c2cccc(N)c2)cn1C. The number of nitrogen functional groups attached to an aromatic ring is 1. The minimum absolute atomic E-state index is 0.0254. The molecule has 0 saturated heterocycles. The maximum atomic E-state index is 12.4. The molecule has 7 heteroatoms. The summed E-state index contributed by atoms with van der Waals surface area (Å²) in [6, 6.07) is 6.70. The number of nitrogens with zero attached hydrogens (tertiary/aromatic N) is 3. The van der Waals surface area contributed by atoms with Crippen LogP contribution in [-0.2, 0) is 17.1 Å². The average Bonchev–Trinajstić information content (AvgIpc) is 2.69. The summed E-state index contributed by atoms with van der Waals surface area (Å²) in [5, 5.41) is 0.0254. The van der Waals surface area contributed by atoms with Gasteiger partial charge in [0.1, 0.15) is 5.82 Å². The molecular weight excluding hydrogens is 264 g/mol. The Kier molecular flexibility index (Phi) is 3.23. The quantitative estimate of drug-likeness (QED) is 0.855. The van der Waals surface area contributed by atoms with Crippen molar-refractivity contribution in [2.75, 3.05) is 17.1 Å². The van der Waals surface area contributed by atoms with Crippen LogP contribution in [0.25, 0.3) is 0 Å². The topological polar surface area (TPSA) is 81.2 Å². The second-order valence-corrected chi connectivity index (χ2v) is 6.22. The van der Waals surface area contributed by atoms with Crippen molar-refractivity contribution < 1.29 is 8.42 Å². The smallest absolute Gasteiger partial charge is 0.283 e. The fraction of sp³-hybridized carbons (Fsp3) is 0.250. The Hall–Kier alpha value is -2.02. The maximum Gasteiger partial charge on any atom is 0.283 e. The van der Waals surface area contributed by atoms with Gasteiger partial charge in [-0.05, 0) is 25.1 Å². The highest BCUT2D eigenvalue weighted by molar-refractivity contribution is 7.92. The van der Waals surface area contributed by atoms with Crippen molar-refractivity contribution in [1.29, 1.82) is 0 Å². The number of rotatable bonds is 3. The molecule has 102 valence electrons. The molecule has 2 aromatic rings. The molecule has 0 aliphatic carbocycles. The third-order valence-electron chi connectivity index (χ3n) is 2.95. The number of anilines is 2. The van der Waals surface area contributed by atoms with Crippen LogP contribution in [0.3, 0.4) is 0 Å². The van der Waals surface area contributed by atoms with Gasteiger partial charge >= 0.3 is 0 Å². The molecule has 2 rings (SSSR count). The fourth-order valence-electron chi connectivity index (χ4n) is 1.65. The molecule has 6 nitrogen and oxygen atoms in total. The zero-order valence-corrected chi connectivity index (χ0v) is 11.8. The van der Waals surface area contributed by atoms with Gasteiger partial charge in [0.05, 0.1) is 5.69 Å². The van der Waals surface area contributed by atoms with E-state index in [9.17, 15) is 8.42 Å². The van der Waals surface area contributed by atoms with E-state index in [1.807, 2.05) is 0 Å². The molecule has 0 radical (unpaired) electrons. The molecule has 1 aromatic carbocycles. The van der Waals surface area contributed by atoms with Gasteiger partial charge in [0, 0.05) is 26.0 Å². The third-order valence-corrected chi connectivity index (χ3v) is 4.60. The summed E-state index contributed by atoms with van der Waals surface area (Å²) in [5.41, 5.74) is 6.68. The minimum atomic E-state index is -3.66. The van der Waals surface area contributed by atoms with E-state index < -0.39 is 10.0 Å². The van der Waals surface area contributed by atoms with Crippen LogP contribution < -0.4 is 10.0 Å². The van der Waals surface area contributed by atoms with E-state index in [2.05, 4.69) is 4.98 Å². The summed E-state index contributed by atoms with van der Waals surface area (Å²) >= 11 is 0.